The molecule has 1 saturated heterocycles. The standard InChI is InChI=1S/C10H12INO/c1-12-6-10(13,7-12)8-2-4-9(11)5-3-8/h2-5,13H,6-7H2,1H3. The van der Waals surface area contributed by atoms with E-state index in [2.05, 4.69) is 27.5 Å². The summed E-state index contributed by atoms with van der Waals surface area (Å²) in [6.45, 7) is 1.49. The Morgan fingerprint density at radius 2 is 1.85 bits per heavy atom. The number of rotatable bonds is 1. The van der Waals surface area contributed by atoms with Crippen molar-refractivity contribution < 1.29 is 5.11 Å². The molecule has 13 heavy (non-hydrogen) atoms. The third-order valence-corrected chi connectivity index (χ3v) is 3.16. The quantitative estimate of drug-likeness (QED) is 0.791. The fourth-order valence-electron chi connectivity index (χ4n) is 1.79. The Morgan fingerprint density at radius 3 is 2.31 bits per heavy atom. The van der Waals surface area contributed by atoms with Crippen LogP contribution in [0.4, 0.5) is 0 Å². The average Bonchev–Trinajstić information content (AvgIpc) is 2.03. The Labute approximate surface area is 91.7 Å². The van der Waals surface area contributed by atoms with Crippen molar-refractivity contribution in [2.45, 2.75) is 5.60 Å². The van der Waals surface area contributed by atoms with Crippen molar-refractivity contribution >= 4 is 22.6 Å². The molecule has 0 amide bonds. The minimum atomic E-state index is -0.598. The van der Waals surface area contributed by atoms with E-state index in [1.54, 1.807) is 0 Å². The normalized spacial score (nSPS) is 21.2. The zero-order valence-electron chi connectivity index (χ0n) is 7.50. The summed E-state index contributed by atoms with van der Waals surface area (Å²) in [7, 11) is 2.02. The number of halogens is 1. The Hall–Kier alpha value is -0.130. The minimum Gasteiger partial charge on any atom is -0.382 e. The minimum absolute atomic E-state index is 0.598. The van der Waals surface area contributed by atoms with Crippen LogP contribution in [-0.2, 0) is 5.60 Å². The fraction of sp³-hybridized carbons (Fsp3) is 0.400. The van der Waals surface area contributed by atoms with Crippen LogP contribution in [0.1, 0.15) is 5.56 Å². The molecule has 1 aliphatic heterocycles. The van der Waals surface area contributed by atoms with E-state index >= 15 is 0 Å². The number of hydrogen-bond donors (Lipinski definition) is 1. The lowest BCUT2D eigenvalue weighted by Crippen LogP contribution is -2.57. The van der Waals surface area contributed by atoms with Crippen LogP contribution in [0, 0.1) is 3.57 Å². The molecule has 0 spiro atoms. The number of likely N-dealkylation sites (tertiary alicyclic amines) is 1. The molecule has 1 aromatic carbocycles. The molecule has 0 saturated carbocycles. The van der Waals surface area contributed by atoms with Crippen LogP contribution in [0.2, 0.25) is 0 Å². The Bertz CT molecular complexity index is 303. The molecule has 2 rings (SSSR count). The number of β-amino-alcohol motifs (C(OH)–C–C–N with tert-alkyl or cyclic N) is 1. The molecule has 1 aromatic rings. The van der Waals surface area contributed by atoms with E-state index in [0.717, 1.165) is 18.7 Å². The highest BCUT2D eigenvalue weighted by atomic mass is 127. The average molecular weight is 289 g/mol. The maximum absolute atomic E-state index is 10.1. The number of aliphatic hydroxyl groups is 1. The Balaban J connectivity index is 2.22. The first kappa shape index (κ1) is 9.43. The van der Waals surface area contributed by atoms with Crippen LogP contribution in [0.15, 0.2) is 24.3 Å². The molecule has 0 aliphatic carbocycles. The summed E-state index contributed by atoms with van der Waals surface area (Å²) in [5.74, 6) is 0. The van der Waals surface area contributed by atoms with E-state index in [4.69, 9.17) is 0 Å². The van der Waals surface area contributed by atoms with Crippen molar-refractivity contribution in [2.24, 2.45) is 0 Å². The lowest BCUT2D eigenvalue weighted by atomic mass is 9.87. The SMILES string of the molecule is CN1CC(O)(c2ccc(I)cc2)C1. The van der Waals surface area contributed by atoms with Gasteiger partial charge in [-0.05, 0) is 47.3 Å². The van der Waals surface area contributed by atoms with Gasteiger partial charge in [-0.2, -0.15) is 0 Å². The van der Waals surface area contributed by atoms with Crippen LogP contribution in [0.3, 0.4) is 0 Å². The van der Waals surface area contributed by atoms with Crippen LogP contribution >= 0.6 is 22.6 Å². The first-order chi connectivity index (χ1) is 6.10. The predicted octanol–water partition coefficient (Wildman–Crippen LogP) is 1.42. The lowest BCUT2D eigenvalue weighted by molar-refractivity contribution is -0.0918. The van der Waals surface area contributed by atoms with E-state index in [1.807, 2.05) is 31.3 Å². The van der Waals surface area contributed by atoms with Gasteiger partial charge in [-0.15, -0.1) is 0 Å². The van der Waals surface area contributed by atoms with Crippen molar-refractivity contribution in [2.75, 3.05) is 20.1 Å². The molecule has 2 nitrogen and oxygen atoms in total. The van der Waals surface area contributed by atoms with Crippen LogP contribution in [0.5, 0.6) is 0 Å². The van der Waals surface area contributed by atoms with Crippen LogP contribution in [0.25, 0.3) is 0 Å². The summed E-state index contributed by atoms with van der Waals surface area (Å²) < 4.78 is 1.21. The molecular formula is C10H12INO. The van der Waals surface area contributed by atoms with Crippen LogP contribution < -0.4 is 0 Å². The zero-order valence-corrected chi connectivity index (χ0v) is 9.65. The summed E-state index contributed by atoms with van der Waals surface area (Å²) in [5.41, 5.74) is 0.435. The molecule has 1 N–H and O–H groups in total. The maximum atomic E-state index is 10.1. The molecular weight excluding hydrogens is 277 g/mol. The van der Waals surface area contributed by atoms with Gasteiger partial charge in [0, 0.05) is 16.7 Å². The topological polar surface area (TPSA) is 23.5 Å². The summed E-state index contributed by atoms with van der Waals surface area (Å²) in [6, 6.07) is 8.09. The highest BCUT2D eigenvalue weighted by Crippen LogP contribution is 2.30. The summed E-state index contributed by atoms with van der Waals surface area (Å²) in [5, 5.41) is 10.1. The molecule has 0 bridgehead atoms. The maximum Gasteiger partial charge on any atom is 0.115 e. The molecule has 1 aliphatic rings. The van der Waals surface area contributed by atoms with Gasteiger partial charge in [0.05, 0.1) is 0 Å². The van der Waals surface area contributed by atoms with E-state index in [1.165, 1.54) is 3.57 Å². The van der Waals surface area contributed by atoms with Gasteiger partial charge in [-0.1, -0.05) is 12.1 Å². The molecule has 0 radical (unpaired) electrons. The number of benzene rings is 1. The number of likely N-dealkylation sites (N-methyl/N-ethyl adjacent to an activating group) is 1. The molecule has 0 aromatic heterocycles. The van der Waals surface area contributed by atoms with Crippen molar-refractivity contribution in [1.29, 1.82) is 0 Å². The third-order valence-electron chi connectivity index (χ3n) is 2.44. The summed E-state index contributed by atoms with van der Waals surface area (Å²) in [6.07, 6.45) is 0. The predicted molar refractivity (Wildman–Crippen MR) is 60.6 cm³/mol. The zero-order chi connectivity index (χ0) is 9.47. The molecule has 0 atom stereocenters. The van der Waals surface area contributed by atoms with Gasteiger partial charge in [-0.25, -0.2) is 0 Å². The van der Waals surface area contributed by atoms with Crippen molar-refractivity contribution in [3.05, 3.63) is 33.4 Å². The van der Waals surface area contributed by atoms with Gasteiger partial charge in [0.2, 0.25) is 0 Å². The van der Waals surface area contributed by atoms with Crippen LogP contribution in [-0.4, -0.2) is 30.1 Å². The second-order valence-corrected chi connectivity index (χ2v) is 4.96. The lowest BCUT2D eigenvalue weighted by Gasteiger charge is -2.44. The molecule has 1 heterocycles. The molecule has 0 unspecified atom stereocenters. The molecule has 1 fully saturated rings. The van der Waals surface area contributed by atoms with Crippen molar-refractivity contribution in [1.82, 2.24) is 4.90 Å². The monoisotopic (exact) mass is 289 g/mol. The van der Waals surface area contributed by atoms with E-state index < -0.39 is 5.60 Å². The molecule has 70 valence electrons. The van der Waals surface area contributed by atoms with E-state index in [-0.39, 0.29) is 0 Å². The molecule has 3 heteroatoms. The van der Waals surface area contributed by atoms with Crippen molar-refractivity contribution in [3.8, 4) is 0 Å². The number of hydrogen-bond acceptors (Lipinski definition) is 2. The smallest absolute Gasteiger partial charge is 0.115 e. The van der Waals surface area contributed by atoms with Gasteiger partial charge < -0.3 is 5.11 Å². The highest BCUT2D eigenvalue weighted by Gasteiger charge is 2.40. The highest BCUT2D eigenvalue weighted by molar-refractivity contribution is 14.1. The van der Waals surface area contributed by atoms with E-state index in [0.29, 0.717) is 0 Å². The van der Waals surface area contributed by atoms with Gasteiger partial charge in [-0.3, -0.25) is 4.90 Å². The summed E-state index contributed by atoms with van der Waals surface area (Å²) >= 11 is 2.27. The third kappa shape index (κ3) is 1.73. The first-order valence-corrected chi connectivity index (χ1v) is 5.35. The largest absolute Gasteiger partial charge is 0.382 e. The van der Waals surface area contributed by atoms with Gasteiger partial charge in [0.1, 0.15) is 5.60 Å². The fourth-order valence-corrected chi connectivity index (χ4v) is 2.15. The Morgan fingerprint density at radius 1 is 1.31 bits per heavy atom. The Kier molecular flexibility index (Phi) is 2.33. The van der Waals surface area contributed by atoms with E-state index in [9.17, 15) is 5.11 Å². The van der Waals surface area contributed by atoms with Crippen molar-refractivity contribution in [3.63, 3.8) is 0 Å². The second kappa shape index (κ2) is 3.22. The van der Waals surface area contributed by atoms with Gasteiger partial charge in [0.25, 0.3) is 0 Å². The summed E-state index contributed by atoms with van der Waals surface area (Å²) in [4.78, 5) is 2.11. The second-order valence-electron chi connectivity index (χ2n) is 3.71. The van der Waals surface area contributed by atoms with Gasteiger partial charge >= 0.3 is 0 Å². The van der Waals surface area contributed by atoms with Gasteiger partial charge in [0.15, 0.2) is 0 Å². The number of nitrogens with zero attached hydrogens (tertiary/aromatic N) is 1. The first-order valence-electron chi connectivity index (χ1n) is 4.27.